The van der Waals surface area contributed by atoms with Crippen molar-refractivity contribution in [2.45, 2.75) is 0 Å². The van der Waals surface area contributed by atoms with Crippen molar-refractivity contribution in [3.8, 4) is 5.75 Å². The van der Waals surface area contributed by atoms with Crippen LogP contribution in [-0.4, -0.2) is 39.3 Å². The summed E-state index contributed by atoms with van der Waals surface area (Å²) in [6.07, 6.45) is 0. The predicted octanol–water partition coefficient (Wildman–Crippen LogP) is 2.92. The highest BCUT2D eigenvalue weighted by Gasteiger charge is 2.17. The van der Waals surface area contributed by atoms with Crippen molar-refractivity contribution >= 4 is 17.3 Å². The van der Waals surface area contributed by atoms with Crippen molar-refractivity contribution < 1.29 is 18.7 Å². The minimum Gasteiger partial charge on any atom is -0.497 e. The standard InChI is InChI=1S/C18H19FN2O3/c1-23-15-5-6-17(21-7-9-24-10-8-21)16(12-15)20-18(22)13-3-2-4-14(19)11-13/h2-6,11-12H,7-10H2,1H3,(H,20,22). The van der Waals surface area contributed by atoms with E-state index in [2.05, 4.69) is 10.2 Å². The zero-order chi connectivity index (χ0) is 16.9. The molecule has 6 heteroatoms. The van der Waals surface area contributed by atoms with Gasteiger partial charge in [-0.1, -0.05) is 6.07 Å². The Morgan fingerprint density at radius 1 is 1.21 bits per heavy atom. The summed E-state index contributed by atoms with van der Waals surface area (Å²) in [7, 11) is 1.57. The van der Waals surface area contributed by atoms with E-state index in [-0.39, 0.29) is 11.5 Å². The number of hydrogen-bond acceptors (Lipinski definition) is 4. The van der Waals surface area contributed by atoms with E-state index < -0.39 is 5.82 Å². The SMILES string of the molecule is COc1ccc(N2CCOCC2)c(NC(=O)c2cccc(F)c2)c1. The van der Waals surface area contributed by atoms with E-state index in [0.29, 0.717) is 24.7 Å². The van der Waals surface area contributed by atoms with Gasteiger partial charge in [-0.05, 0) is 30.3 Å². The highest BCUT2D eigenvalue weighted by molar-refractivity contribution is 6.06. The number of hydrogen-bond donors (Lipinski definition) is 1. The van der Waals surface area contributed by atoms with Crippen molar-refractivity contribution in [3.63, 3.8) is 0 Å². The number of halogens is 1. The monoisotopic (exact) mass is 330 g/mol. The number of nitrogens with zero attached hydrogens (tertiary/aromatic N) is 1. The molecule has 0 atom stereocenters. The van der Waals surface area contributed by atoms with Gasteiger partial charge in [-0.3, -0.25) is 4.79 Å². The topological polar surface area (TPSA) is 50.8 Å². The molecule has 1 heterocycles. The van der Waals surface area contributed by atoms with Crippen LogP contribution < -0.4 is 15.0 Å². The van der Waals surface area contributed by atoms with Crippen LogP contribution in [0.25, 0.3) is 0 Å². The fraction of sp³-hybridized carbons (Fsp3) is 0.278. The minimum absolute atomic E-state index is 0.269. The van der Waals surface area contributed by atoms with Crippen LogP contribution in [0.5, 0.6) is 5.75 Å². The van der Waals surface area contributed by atoms with Gasteiger partial charge in [0.1, 0.15) is 11.6 Å². The zero-order valence-electron chi connectivity index (χ0n) is 13.4. The summed E-state index contributed by atoms with van der Waals surface area (Å²) in [4.78, 5) is 14.6. The second-order valence-electron chi connectivity index (χ2n) is 5.45. The number of rotatable bonds is 4. The largest absolute Gasteiger partial charge is 0.497 e. The van der Waals surface area contributed by atoms with Gasteiger partial charge in [0.2, 0.25) is 0 Å². The molecule has 0 aliphatic carbocycles. The molecule has 0 unspecified atom stereocenters. The number of ether oxygens (including phenoxy) is 2. The molecule has 1 saturated heterocycles. The number of amides is 1. The third-order valence-electron chi connectivity index (χ3n) is 3.89. The molecule has 1 fully saturated rings. The first-order chi connectivity index (χ1) is 11.7. The Morgan fingerprint density at radius 3 is 2.71 bits per heavy atom. The quantitative estimate of drug-likeness (QED) is 0.936. The molecule has 2 aromatic rings. The average Bonchev–Trinajstić information content (AvgIpc) is 2.62. The van der Waals surface area contributed by atoms with E-state index in [1.165, 1.54) is 18.2 Å². The molecular weight excluding hydrogens is 311 g/mol. The Hall–Kier alpha value is -2.60. The Balaban J connectivity index is 1.88. The van der Waals surface area contributed by atoms with Crippen molar-refractivity contribution in [3.05, 3.63) is 53.8 Å². The highest BCUT2D eigenvalue weighted by Crippen LogP contribution is 2.31. The second kappa shape index (κ2) is 7.31. The molecule has 0 saturated carbocycles. The Labute approximate surface area is 140 Å². The zero-order valence-corrected chi connectivity index (χ0v) is 13.4. The molecule has 3 rings (SSSR count). The van der Waals surface area contributed by atoms with E-state index in [1.807, 2.05) is 12.1 Å². The first kappa shape index (κ1) is 16.3. The smallest absolute Gasteiger partial charge is 0.255 e. The van der Waals surface area contributed by atoms with Gasteiger partial charge in [-0.15, -0.1) is 0 Å². The van der Waals surface area contributed by atoms with Crippen molar-refractivity contribution in [2.75, 3.05) is 43.6 Å². The Kier molecular flexibility index (Phi) is 4.96. The van der Waals surface area contributed by atoms with Crippen LogP contribution in [0, 0.1) is 5.82 Å². The lowest BCUT2D eigenvalue weighted by atomic mass is 10.1. The molecule has 1 aliphatic heterocycles. The molecule has 0 radical (unpaired) electrons. The number of anilines is 2. The van der Waals surface area contributed by atoms with Crippen LogP contribution in [0.4, 0.5) is 15.8 Å². The average molecular weight is 330 g/mol. The molecule has 1 amide bonds. The molecule has 24 heavy (non-hydrogen) atoms. The minimum atomic E-state index is -0.443. The number of nitrogens with one attached hydrogen (secondary N) is 1. The van der Waals surface area contributed by atoms with E-state index in [0.717, 1.165) is 18.8 Å². The summed E-state index contributed by atoms with van der Waals surface area (Å²) in [5, 5.41) is 2.86. The Morgan fingerprint density at radius 2 is 2.00 bits per heavy atom. The third-order valence-corrected chi connectivity index (χ3v) is 3.89. The third kappa shape index (κ3) is 3.65. The van der Waals surface area contributed by atoms with Crippen LogP contribution in [0.15, 0.2) is 42.5 Å². The summed E-state index contributed by atoms with van der Waals surface area (Å²) in [5.41, 5.74) is 1.79. The van der Waals surface area contributed by atoms with Crippen LogP contribution in [-0.2, 0) is 4.74 Å². The molecule has 0 spiro atoms. The van der Waals surface area contributed by atoms with Crippen molar-refractivity contribution in [1.82, 2.24) is 0 Å². The number of benzene rings is 2. The van der Waals surface area contributed by atoms with Gasteiger partial charge >= 0.3 is 0 Å². The molecule has 2 aromatic carbocycles. The van der Waals surface area contributed by atoms with Crippen LogP contribution >= 0.6 is 0 Å². The van der Waals surface area contributed by atoms with Gasteiger partial charge < -0.3 is 19.7 Å². The van der Waals surface area contributed by atoms with Crippen LogP contribution in [0.1, 0.15) is 10.4 Å². The van der Waals surface area contributed by atoms with Gasteiger partial charge in [0.15, 0.2) is 0 Å². The maximum Gasteiger partial charge on any atom is 0.255 e. The summed E-state index contributed by atoms with van der Waals surface area (Å²) < 4.78 is 24.0. The fourth-order valence-electron chi connectivity index (χ4n) is 2.65. The first-order valence-electron chi connectivity index (χ1n) is 7.75. The van der Waals surface area contributed by atoms with Gasteiger partial charge in [0.05, 0.1) is 31.7 Å². The summed E-state index contributed by atoms with van der Waals surface area (Å²) >= 11 is 0. The Bertz CT molecular complexity index is 730. The van der Waals surface area contributed by atoms with E-state index in [1.54, 1.807) is 19.2 Å². The number of carbonyl (C=O) groups excluding carboxylic acids is 1. The van der Waals surface area contributed by atoms with Gasteiger partial charge in [-0.25, -0.2) is 4.39 Å². The van der Waals surface area contributed by atoms with Crippen LogP contribution in [0.2, 0.25) is 0 Å². The van der Waals surface area contributed by atoms with E-state index >= 15 is 0 Å². The lowest BCUT2D eigenvalue weighted by molar-refractivity contribution is 0.102. The van der Waals surface area contributed by atoms with Crippen molar-refractivity contribution in [2.24, 2.45) is 0 Å². The summed E-state index contributed by atoms with van der Waals surface area (Å²) in [6, 6.07) is 11.1. The highest BCUT2D eigenvalue weighted by atomic mass is 19.1. The summed E-state index contributed by atoms with van der Waals surface area (Å²) in [5.74, 6) is -0.166. The normalized spacial score (nSPS) is 14.3. The summed E-state index contributed by atoms with van der Waals surface area (Å²) in [6.45, 7) is 2.77. The molecule has 0 aromatic heterocycles. The molecule has 5 nitrogen and oxygen atoms in total. The number of methoxy groups -OCH3 is 1. The van der Waals surface area contributed by atoms with Gasteiger partial charge in [0, 0.05) is 24.7 Å². The van der Waals surface area contributed by atoms with Gasteiger partial charge in [-0.2, -0.15) is 0 Å². The fourth-order valence-corrected chi connectivity index (χ4v) is 2.65. The lowest BCUT2D eigenvalue weighted by Crippen LogP contribution is -2.36. The molecule has 1 aliphatic rings. The van der Waals surface area contributed by atoms with Gasteiger partial charge in [0.25, 0.3) is 5.91 Å². The lowest BCUT2D eigenvalue weighted by Gasteiger charge is -2.30. The molecule has 1 N–H and O–H groups in total. The first-order valence-corrected chi connectivity index (χ1v) is 7.75. The molecular formula is C18H19FN2O3. The van der Waals surface area contributed by atoms with Crippen molar-refractivity contribution in [1.29, 1.82) is 0 Å². The predicted molar refractivity (Wildman–Crippen MR) is 90.4 cm³/mol. The van der Waals surface area contributed by atoms with Crippen LogP contribution in [0.3, 0.4) is 0 Å². The maximum atomic E-state index is 13.3. The molecule has 126 valence electrons. The van der Waals surface area contributed by atoms with E-state index in [9.17, 15) is 9.18 Å². The number of morpholine rings is 1. The van der Waals surface area contributed by atoms with E-state index in [4.69, 9.17) is 9.47 Å². The number of carbonyl (C=O) groups is 1. The second-order valence-corrected chi connectivity index (χ2v) is 5.45. The maximum absolute atomic E-state index is 13.3. The molecule has 0 bridgehead atoms.